The van der Waals surface area contributed by atoms with E-state index in [9.17, 15) is 9.90 Å². The highest BCUT2D eigenvalue weighted by Gasteiger charge is 2.73. The van der Waals surface area contributed by atoms with E-state index in [1.165, 1.54) is 0 Å². The number of aliphatic hydroxyl groups is 1. The van der Waals surface area contributed by atoms with Crippen LogP contribution in [0, 0.1) is 0 Å². The first kappa shape index (κ1) is 9.60. The van der Waals surface area contributed by atoms with Crippen LogP contribution >= 0.6 is 0 Å². The van der Waals surface area contributed by atoms with Gasteiger partial charge in [0, 0.05) is 6.42 Å². The number of epoxide rings is 1. The summed E-state index contributed by atoms with van der Waals surface area (Å²) in [6, 6.07) is 0. The SMILES string of the molecule is C[C@]12CC[C@H](O)[C@H]3O[C@]31CCCC(=O)O2. The van der Waals surface area contributed by atoms with Gasteiger partial charge in [0.15, 0.2) is 0 Å². The van der Waals surface area contributed by atoms with Gasteiger partial charge in [-0.05, 0) is 32.6 Å². The van der Waals surface area contributed by atoms with Crippen molar-refractivity contribution in [2.24, 2.45) is 0 Å². The molecular weight excluding hydrogens is 196 g/mol. The zero-order chi connectivity index (χ0) is 10.7. The Bertz CT molecular complexity index is 316. The third-order valence-corrected chi connectivity index (χ3v) is 4.17. The molecule has 0 unspecified atom stereocenters. The molecule has 0 radical (unpaired) electrons. The van der Waals surface area contributed by atoms with Gasteiger partial charge in [-0.25, -0.2) is 0 Å². The Kier molecular flexibility index (Phi) is 1.75. The lowest BCUT2D eigenvalue weighted by atomic mass is 9.73. The fourth-order valence-corrected chi connectivity index (χ4v) is 3.19. The molecule has 2 heterocycles. The summed E-state index contributed by atoms with van der Waals surface area (Å²) in [6.07, 6.45) is 2.99. The fraction of sp³-hybridized carbons (Fsp3) is 0.909. The Hall–Kier alpha value is -0.610. The summed E-state index contributed by atoms with van der Waals surface area (Å²) in [5, 5.41) is 9.76. The van der Waals surface area contributed by atoms with Crippen molar-refractivity contribution < 1.29 is 19.4 Å². The van der Waals surface area contributed by atoms with E-state index < -0.39 is 5.60 Å². The molecule has 1 saturated carbocycles. The van der Waals surface area contributed by atoms with Gasteiger partial charge >= 0.3 is 5.97 Å². The Morgan fingerprint density at radius 1 is 1.47 bits per heavy atom. The fourth-order valence-electron chi connectivity index (χ4n) is 3.19. The molecule has 4 atom stereocenters. The van der Waals surface area contributed by atoms with E-state index in [-0.39, 0.29) is 23.8 Å². The average Bonchev–Trinajstić information content (AvgIpc) is 2.90. The standard InChI is InChI=1S/C11H16O4/c1-10-6-4-7(12)9-11(10,15-9)5-2-3-8(13)14-10/h7,9,12H,2-6H2,1H3/t7-,9+,10-,11+/m0/s1. The van der Waals surface area contributed by atoms with Gasteiger partial charge in [0.2, 0.25) is 0 Å². The van der Waals surface area contributed by atoms with Crippen LogP contribution in [0.15, 0.2) is 0 Å². The third kappa shape index (κ3) is 1.12. The first-order valence-corrected chi connectivity index (χ1v) is 5.65. The van der Waals surface area contributed by atoms with Gasteiger partial charge in [-0.1, -0.05) is 0 Å². The molecule has 3 fully saturated rings. The molecule has 3 rings (SSSR count). The monoisotopic (exact) mass is 212 g/mol. The van der Waals surface area contributed by atoms with Gasteiger partial charge < -0.3 is 14.6 Å². The molecule has 0 amide bonds. The lowest BCUT2D eigenvalue weighted by Crippen LogP contribution is -2.52. The minimum Gasteiger partial charge on any atom is -0.456 e. The zero-order valence-electron chi connectivity index (χ0n) is 8.86. The van der Waals surface area contributed by atoms with Crippen molar-refractivity contribution in [2.45, 2.75) is 62.4 Å². The van der Waals surface area contributed by atoms with E-state index in [0.717, 1.165) is 12.8 Å². The van der Waals surface area contributed by atoms with Crippen molar-refractivity contribution in [3.63, 3.8) is 0 Å². The Labute approximate surface area is 88.6 Å². The smallest absolute Gasteiger partial charge is 0.306 e. The number of carbonyl (C=O) groups is 1. The topological polar surface area (TPSA) is 59.1 Å². The second-order valence-corrected chi connectivity index (χ2v) is 5.09. The lowest BCUT2D eigenvalue weighted by Gasteiger charge is -2.37. The molecule has 1 N–H and O–H groups in total. The second kappa shape index (κ2) is 2.74. The highest BCUT2D eigenvalue weighted by molar-refractivity contribution is 5.70. The van der Waals surface area contributed by atoms with E-state index in [4.69, 9.17) is 9.47 Å². The largest absolute Gasteiger partial charge is 0.456 e. The Morgan fingerprint density at radius 2 is 2.27 bits per heavy atom. The molecule has 84 valence electrons. The minimum absolute atomic E-state index is 0.109. The summed E-state index contributed by atoms with van der Waals surface area (Å²) in [4.78, 5) is 11.4. The predicted octanol–water partition coefficient (Wildman–Crippen LogP) is 0.764. The van der Waals surface area contributed by atoms with E-state index >= 15 is 0 Å². The molecule has 0 aromatic heterocycles. The molecule has 15 heavy (non-hydrogen) atoms. The number of ether oxygens (including phenoxy) is 2. The summed E-state index contributed by atoms with van der Waals surface area (Å²) >= 11 is 0. The highest BCUT2D eigenvalue weighted by Crippen LogP contribution is 2.58. The number of hydrogen-bond donors (Lipinski definition) is 1. The first-order chi connectivity index (χ1) is 7.07. The van der Waals surface area contributed by atoms with Crippen molar-refractivity contribution in [3.8, 4) is 0 Å². The molecule has 1 spiro atoms. The van der Waals surface area contributed by atoms with Crippen molar-refractivity contribution >= 4 is 5.97 Å². The van der Waals surface area contributed by atoms with E-state index in [1.54, 1.807) is 0 Å². The van der Waals surface area contributed by atoms with Crippen LogP contribution < -0.4 is 0 Å². The quantitative estimate of drug-likeness (QED) is 0.476. The van der Waals surface area contributed by atoms with Crippen LogP contribution in [0.5, 0.6) is 0 Å². The van der Waals surface area contributed by atoms with Gasteiger partial charge in [-0.15, -0.1) is 0 Å². The summed E-state index contributed by atoms with van der Waals surface area (Å²) in [7, 11) is 0. The van der Waals surface area contributed by atoms with Crippen LogP contribution in [-0.4, -0.2) is 34.5 Å². The highest BCUT2D eigenvalue weighted by atomic mass is 16.7. The number of aliphatic hydroxyl groups excluding tert-OH is 1. The maximum Gasteiger partial charge on any atom is 0.306 e. The summed E-state index contributed by atoms with van der Waals surface area (Å²) in [5.41, 5.74) is -0.888. The maximum absolute atomic E-state index is 11.4. The molecule has 1 aliphatic carbocycles. The van der Waals surface area contributed by atoms with Gasteiger partial charge in [0.25, 0.3) is 0 Å². The van der Waals surface area contributed by atoms with Gasteiger partial charge in [-0.2, -0.15) is 0 Å². The van der Waals surface area contributed by atoms with Crippen LogP contribution in [0.3, 0.4) is 0 Å². The van der Waals surface area contributed by atoms with E-state index in [0.29, 0.717) is 19.3 Å². The van der Waals surface area contributed by atoms with Crippen LogP contribution in [0.2, 0.25) is 0 Å². The summed E-state index contributed by atoms with van der Waals surface area (Å²) in [5.74, 6) is -0.125. The molecule has 4 nitrogen and oxygen atoms in total. The number of rotatable bonds is 0. The molecule has 4 heteroatoms. The number of esters is 1. The van der Waals surface area contributed by atoms with E-state index in [2.05, 4.69) is 0 Å². The Balaban J connectivity index is 1.94. The normalized spacial score (nSPS) is 53.6. The van der Waals surface area contributed by atoms with Crippen LogP contribution in [0.1, 0.15) is 39.0 Å². The molecule has 2 aliphatic heterocycles. The van der Waals surface area contributed by atoms with Crippen molar-refractivity contribution in [1.82, 2.24) is 0 Å². The number of hydrogen-bond acceptors (Lipinski definition) is 4. The first-order valence-electron chi connectivity index (χ1n) is 5.65. The molecule has 2 saturated heterocycles. The van der Waals surface area contributed by atoms with E-state index in [1.807, 2.05) is 6.92 Å². The van der Waals surface area contributed by atoms with Crippen molar-refractivity contribution in [2.75, 3.05) is 0 Å². The van der Waals surface area contributed by atoms with Gasteiger partial charge in [0.1, 0.15) is 17.3 Å². The number of carbonyl (C=O) groups excluding carboxylic acids is 1. The molecule has 0 bridgehead atoms. The summed E-state index contributed by atoms with van der Waals surface area (Å²) < 4.78 is 11.2. The van der Waals surface area contributed by atoms with Crippen molar-refractivity contribution in [3.05, 3.63) is 0 Å². The summed E-state index contributed by atoms with van der Waals surface area (Å²) in [6.45, 7) is 1.95. The van der Waals surface area contributed by atoms with Crippen LogP contribution in [-0.2, 0) is 14.3 Å². The van der Waals surface area contributed by atoms with Crippen LogP contribution in [0.4, 0.5) is 0 Å². The van der Waals surface area contributed by atoms with Gasteiger partial charge in [-0.3, -0.25) is 4.79 Å². The molecule has 0 aromatic rings. The van der Waals surface area contributed by atoms with Gasteiger partial charge in [0.05, 0.1) is 6.10 Å². The molecule has 3 aliphatic rings. The second-order valence-electron chi connectivity index (χ2n) is 5.09. The Morgan fingerprint density at radius 3 is 3.07 bits per heavy atom. The van der Waals surface area contributed by atoms with Crippen LogP contribution in [0.25, 0.3) is 0 Å². The lowest BCUT2D eigenvalue weighted by molar-refractivity contribution is -0.165. The maximum atomic E-state index is 11.4. The predicted molar refractivity (Wildman–Crippen MR) is 51.2 cm³/mol. The van der Waals surface area contributed by atoms with Crippen molar-refractivity contribution in [1.29, 1.82) is 0 Å². The minimum atomic E-state index is -0.509. The third-order valence-electron chi connectivity index (χ3n) is 4.17. The molecule has 0 aromatic carbocycles. The average molecular weight is 212 g/mol. The molecular formula is C11H16O4. The zero-order valence-corrected chi connectivity index (χ0v) is 8.86.